The lowest BCUT2D eigenvalue weighted by Gasteiger charge is -2.06. The highest BCUT2D eigenvalue weighted by atomic mass is 32.2. The molecule has 0 spiro atoms. The number of aromatic nitrogens is 1. The number of amidine groups is 1. The molecular formula is C11H18N4O2S. The fourth-order valence-corrected chi connectivity index (χ4v) is 2.48. The summed E-state index contributed by atoms with van der Waals surface area (Å²) in [5.74, 6) is 0.128. The van der Waals surface area contributed by atoms with Gasteiger partial charge in [0.05, 0.1) is 11.6 Å². The third-order valence-corrected chi connectivity index (χ3v) is 3.74. The Kier molecular flexibility index (Phi) is 5.73. The summed E-state index contributed by atoms with van der Waals surface area (Å²) >= 11 is 0. The van der Waals surface area contributed by atoms with Crippen molar-refractivity contribution in [2.24, 2.45) is 5.73 Å². The Balaban J connectivity index is 2.30. The number of hydrogen-bond donors (Lipinski definition) is 3. The molecule has 0 fully saturated rings. The summed E-state index contributed by atoms with van der Waals surface area (Å²) in [5.41, 5.74) is 6.12. The molecule has 0 bridgehead atoms. The number of sulfonamides is 1. The molecule has 0 amide bonds. The highest BCUT2D eigenvalue weighted by molar-refractivity contribution is 7.89. The molecule has 0 atom stereocenters. The predicted octanol–water partition coefficient (Wildman–Crippen LogP) is 0.260. The first kappa shape index (κ1) is 14.6. The van der Waals surface area contributed by atoms with Crippen LogP contribution in [0.1, 0.15) is 18.4 Å². The SMILES string of the molecule is N=C(N)CCCNS(=O)(=O)CCc1ccncc1. The van der Waals surface area contributed by atoms with Crippen molar-refractivity contribution in [1.82, 2.24) is 9.71 Å². The first-order valence-electron chi connectivity index (χ1n) is 5.69. The molecule has 0 saturated carbocycles. The van der Waals surface area contributed by atoms with Crippen molar-refractivity contribution in [3.8, 4) is 0 Å². The van der Waals surface area contributed by atoms with E-state index in [0.717, 1.165) is 5.56 Å². The summed E-state index contributed by atoms with van der Waals surface area (Å²) in [6, 6.07) is 3.59. The summed E-state index contributed by atoms with van der Waals surface area (Å²) in [7, 11) is -3.26. The van der Waals surface area contributed by atoms with Gasteiger partial charge in [0.25, 0.3) is 0 Å². The van der Waals surface area contributed by atoms with E-state index in [1.165, 1.54) is 0 Å². The molecule has 6 nitrogen and oxygen atoms in total. The first-order chi connectivity index (χ1) is 8.49. The monoisotopic (exact) mass is 270 g/mol. The maximum Gasteiger partial charge on any atom is 0.211 e. The standard InChI is InChI=1S/C11H18N4O2S/c12-11(13)2-1-6-15-18(16,17)9-5-10-3-7-14-8-4-10/h3-4,7-8,15H,1-2,5-6,9H2,(H3,12,13). The lowest BCUT2D eigenvalue weighted by Crippen LogP contribution is -2.28. The Hall–Kier alpha value is -1.47. The maximum absolute atomic E-state index is 11.6. The zero-order valence-corrected chi connectivity index (χ0v) is 10.9. The van der Waals surface area contributed by atoms with Gasteiger partial charge in [-0.1, -0.05) is 0 Å². The van der Waals surface area contributed by atoms with E-state index >= 15 is 0 Å². The van der Waals surface area contributed by atoms with Crippen LogP contribution in [-0.4, -0.2) is 31.5 Å². The van der Waals surface area contributed by atoms with Gasteiger partial charge in [0.1, 0.15) is 0 Å². The molecule has 1 aromatic rings. The molecule has 0 aliphatic rings. The minimum absolute atomic E-state index is 0.0527. The van der Waals surface area contributed by atoms with Crippen LogP contribution in [0.4, 0.5) is 0 Å². The second-order valence-corrected chi connectivity index (χ2v) is 5.87. The summed E-state index contributed by atoms with van der Waals surface area (Å²) in [5, 5.41) is 7.02. The molecule has 0 unspecified atom stereocenters. The van der Waals surface area contributed by atoms with Crippen LogP contribution in [0.25, 0.3) is 0 Å². The van der Waals surface area contributed by atoms with Crippen LogP contribution in [0, 0.1) is 5.41 Å². The van der Waals surface area contributed by atoms with Gasteiger partial charge < -0.3 is 5.73 Å². The minimum Gasteiger partial charge on any atom is -0.388 e. The maximum atomic E-state index is 11.6. The van der Waals surface area contributed by atoms with Gasteiger partial charge in [0, 0.05) is 25.4 Å². The number of nitrogens with one attached hydrogen (secondary N) is 2. The molecule has 0 aromatic carbocycles. The van der Waals surface area contributed by atoms with Crippen molar-refractivity contribution in [3.05, 3.63) is 30.1 Å². The fourth-order valence-electron chi connectivity index (χ4n) is 1.38. The normalized spacial score (nSPS) is 11.3. The van der Waals surface area contributed by atoms with E-state index in [-0.39, 0.29) is 11.6 Å². The number of rotatable bonds is 8. The van der Waals surface area contributed by atoms with Crippen molar-refractivity contribution in [1.29, 1.82) is 5.41 Å². The molecule has 0 aliphatic carbocycles. The van der Waals surface area contributed by atoms with Crippen LogP contribution in [0.3, 0.4) is 0 Å². The summed E-state index contributed by atoms with van der Waals surface area (Å²) < 4.78 is 25.8. The average molecular weight is 270 g/mol. The van der Waals surface area contributed by atoms with Crippen LogP contribution < -0.4 is 10.5 Å². The molecule has 0 aliphatic heterocycles. The van der Waals surface area contributed by atoms with Crippen molar-refractivity contribution >= 4 is 15.9 Å². The zero-order valence-electron chi connectivity index (χ0n) is 10.1. The second-order valence-electron chi connectivity index (χ2n) is 3.95. The smallest absolute Gasteiger partial charge is 0.211 e. The minimum atomic E-state index is -3.26. The van der Waals surface area contributed by atoms with E-state index in [1.807, 2.05) is 0 Å². The summed E-state index contributed by atoms with van der Waals surface area (Å²) in [6.45, 7) is 0.318. The van der Waals surface area contributed by atoms with E-state index in [1.54, 1.807) is 24.5 Å². The Morgan fingerprint density at radius 2 is 2.06 bits per heavy atom. The Morgan fingerprint density at radius 1 is 1.39 bits per heavy atom. The van der Waals surface area contributed by atoms with E-state index in [4.69, 9.17) is 11.1 Å². The fraction of sp³-hybridized carbons (Fsp3) is 0.455. The van der Waals surface area contributed by atoms with Crippen molar-refractivity contribution in [2.45, 2.75) is 19.3 Å². The number of hydrogen-bond acceptors (Lipinski definition) is 4. The number of nitrogens with zero attached hydrogens (tertiary/aromatic N) is 1. The molecule has 1 rings (SSSR count). The molecular weight excluding hydrogens is 252 g/mol. The molecule has 1 aromatic heterocycles. The van der Waals surface area contributed by atoms with Gasteiger partial charge in [-0.15, -0.1) is 0 Å². The van der Waals surface area contributed by atoms with Gasteiger partial charge in [0.2, 0.25) is 10.0 Å². The van der Waals surface area contributed by atoms with E-state index in [2.05, 4.69) is 9.71 Å². The lowest BCUT2D eigenvalue weighted by atomic mass is 10.2. The predicted molar refractivity (Wildman–Crippen MR) is 70.9 cm³/mol. The highest BCUT2D eigenvalue weighted by Crippen LogP contribution is 2.00. The number of pyridine rings is 1. The van der Waals surface area contributed by atoms with Crippen molar-refractivity contribution < 1.29 is 8.42 Å². The Bertz CT molecular complexity index is 473. The topological polar surface area (TPSA) is 109 Å². The van der Waals surface area contributed by atoms with E-state index < -0.39 is 10.0 Å². The van der Waals surface area contributed by atoms with Crippen LogP contribution in [0.2, 0.25) is 0 Å². The van der Waals surface area contributed by atoms with E-state index in [9.17, 15) is 8.42 Å². The van der Waals surface area contributed by atoms with Gasteiger partial charge in [-0.05, 0) is 30.5 Å². The van der Waals surface area contributed by atoms with Gasteiger partial charge in [-0.2, -0.15) is 0 Å². The molecule has 0 radical (unpaired) electrons. The average Bonchev–Trinajstić information content (AvgIpc) is 2.34. The quantitative estimate of drug-likeness (QED) is 0.357. The van der Waals surface area contributed by atoms with Crippen LogP contribution in [-0.2, 0) is 16.4 Å². The summed E-state index contributed by atoms with van der Waals surface area (Å²) in [6.07, 6.45) is 4.70. The summed E-state index contributed by atoms with van der Waals surface area (Å²) in [4.78, 5) is 3.87. The van der Waals surface area contributed by atoms with Gasteiger partial charge in [0.15, 0.2) is 0 Å². The second kappa shape index (κ2) is 7.07. The van der Waals surface area contributed by atoms with Gasteiger partial charge in [-0.3, -0.25) is 10.4 Å². The lowest BCUT2D eigenvalue weighted by molar-refractivity contribution is 0.579. The first-order valence-corrected chi connectivity index (χ1v) is 7.34. The van der Waals surface area contributed by atoms with Crippen LogP contribution in [0.15, 0.2) is 24.5 Å². The third kappa shape index (κ3) is 6.31. The Morgan fingerprint density at radius 3 is 2.67 bits per heavy atom. The number of nitrogens with two attached hydrogens (primary N) is 1. The van der Waals surface area contributed by atoms with Gasteiger partial charge in [-0.25, -0.2) is 13.1 Å². The van der Waals surface area contributed by atoms with Crippen molar-refractivity contribution in [3.63, 3.8) is 0 Å². The van der Waals surface area contributed by atoms with Gasteiger partial charge >= 0.3 is 0 Å². The van der Waals surface area contributed by atoms with Crippen LogP contribution in [0.5, 0.6) is 0 Å². The van der Waals surface area contributed by atoms with Crippen LogP contribution >= 0.6 is 0 Å². The van der Waals surface area contributed by atoms with E-state index in [0.29, 0.717) is 25.8 Å². The number of aryl methyl sites for hydroxylation is 1. The molecule has 7 heteroatoms. The largest absolute Gasteiger partial charge is 0.388 e. The molecule has 0 saturated heterocycles. The van der Waals surface area contributed by atoms with Crippen molar-refractivity contribution in [2.75, 3.05) is 12.3 Å². The molecule has 1 heterocycles. The molecule has 18 heavy (non-hydrogen) atoms. The molecule has 100 valence electrons. The third-order valence-electron chi connectivity index (χ3n) is 2.35. The highest BCUT2D eigenvalue weighted by Gasteiger charge is 2.09. The Labute approximate surface area is 107 Å². The zero-order chi connectivity index (χ0) is 13.4. The molecule has 4 N–H and O–H groups in total.